The van der Waals surface area contributed by atoms with Crippen molar-refractivity contribution in [1.82, 2.24) is 4.90 Å². The Bertz CT molecular complexity index is 1360. The number of methoxy groups -OCH3 is 3. The molecule has 6 rings (SSSR count). The molecule has 4 aliphatic rings. The number of carbonyl (C=O) groups is 2. The molecule has 1 N–H and O–H groups in total. The molecular weight excluding hydrogens is 540 g/mol. The van der Waals surface area contributed by atoms with E-state index in [0.29, 0.717) is 18.6 Å². The molecule has 1 spiro atoms. The monoisotopic (exact) mass is 580 g/mol. The van der Waals surface area contributed by atoms with Gasteiger partial charge < -0.3 is 38.6 Å². The number of hydrogen-bond acceptors (Lipinski definition) is 9. The first kappa shape index (κ1) is 28.9. The molecule has 0 aromatic heterocycles. The Morgan fingerprint density at radius 2 is 1.86 bits per heavy atom. The number of amides is 1. The van der Waals surface area contributed by atoms with Gasteiger partial charge in [0, 0.05) is 37.7 Å². The van der Waals surface area contributed by atoms with E-state index >= 15 is 0 Å². The van der Waals surface area contributed by atoms with Crippen molar-refractivity contribution in [3.63, 3.8) is 0 Å². The smallest absolute Gasteiger partial charge is 0.342 e. The predicted octanol–water partition coefficient (Wildman–Crippen LogP) is 2.64. The fourth-order valence-corrected chi connectivity index (χ4v) is 9.01. The first-order valence-corrected chi connectivity index (χ1v) is 14.5. The number of esters is 1. The molecule has 3 aliphatic heterocycles. The van der Waals surface area contributed by atoms with Crippen LogP contribution in [0.1, 0.15) is 37.3 Å². The van der Waals surface area contributed by atoms with Crippen LogP contribution in [0.5, 0.6) is 5.75 Å². The molecule has 0 radical (unpaired) electrons. The summed E-state index contributed by atoms with van der Waals surface area (Å²) in [5.74, 6) is -0.151. The number of hydrogen-bond donors (Lipinski definition) is 1. The van der Waals surface area contributed by atoms with Crippen molar-refractivity contribution in [2.45, 2.75) is 68.0 Å². The summed E-state index contributed by atoms with van der Waals surface area (Å²) in [6, 6.07) is 14.0. The molecule has 10 heteroatoms. The minimum Gasteiger partial charge on any atom is -0.497 e. The Kier molecular flexibility index (Phi) is 7.24. The van der Waals surface area contributed by atoms with Crippen LogP contribution >= 0.6 is 0 Å². The first-order chi connectivity index (χ1) is 20.2. The average Bonchev–Trinajstić information content (AvgIpc) is 3.60. The largest absolute Gasteiger partial charge is 0.497 e. The normalized spacial score (nSPS) is 34.3. The lowest BCUT2D eigenvalue weighted by Crippen LogP contribution is -2.79. The van der Waals surface area contributed by atoms with E-state index in [0.717, 1.165) is 16.8 Å². The summed E-state index contributed by atoms with van der Waals surface area (Å²) >= 11 is 0. The number of anilines is 1. The highest BCUT2D eigenvalue weighted by Gasteiger charge is 2.83. The van der Waals surface area contributed by atoms with E-state index in [1.807, 2.05) is 65.4 Å². The van der Waals surface area contributed by atoms with E-state index in [4.69, 9.17) is 23.7 Å². The molecular formula is C32H40N2O8. The lowest BCUT2D eigenvalue weighted by atomic mass is 9.48. The van der Waals surface area contributed by atoms with Crippen LogP contribution in [-0.4, -0.2) is 93.5 Å². The number of rotatable bonds is 10. The molecule has 3 fully saturated rings. The number of ether oxygens (including phenoxy) is 5. The van der Waals surface area contributed by atoms with Crippen molar-refractivity contribution < 1.29 is 38.4 Å². The lowest BCUT2D eigenvalue weighted by molar-refractivity contribution is -0.234. The highest BCUT2D eigenvalue weighted by Crippen LogP contribution is 2.70. The zero-order valence-corrected chi connectivity index (χ0v) is 24.9. The van der Waals surface area contributed by atoms with E-state index in [2.05, 4.69) is 6.92 Å². The SMILES string of the molecule is CC[C@]12C[C@H](COCOC)N3C(=O)C[C@@]4(c5ccc(OC)cc5N(C)[C@H]4[C@@](O)(C(=O)OC)[C@H]1OCc1ccccc1)[C@@H]32. The maximum atomic E-state index is 14.2. The lowest BCUT2D eigenvalue weighted by Gasteiger charge is -2.61. The maximum absolute atomic E-state index is 14.2. The van der Waals surface area contributed by atoms with Crippen molar-refractivity contribution in [3.8, 4) is 5.75 Å². The number of likely N-dealkylation sites (N-methyl/N-ethyl adjacent to an activating group) is 1. The number of benzene rings is 2. The topological polar surface area (TPSA) is 107 Å². The molecule has 3 heterocycles. The molecule has 1 amide bonds. The van der Waals surface area contributed by atoms with Gasteiger partial charge in [0.2, 0.25) is 11.5 Å². The fraction of sp³-hybridized carbons (Fsp3) is 0.562. The molecule has 2 saturated heterocycles. The molecule has 226 valence electrons. The van der Waals surface area contributed by atoms with Gasteiger partial charge in [-0.3, -0.25) is 4.79 Å². The van der Waals surface area contributed by atoms with E-state index in [1.165, 1.54) is 7.11 Å². The van der Waals surface area contributed by atoms with E-state index in [1.54, 1.807) is 14.2 Å². The van der Waals surface area contributed by atoms with Gasteiger partial charge in [0.05, 0.1) is 51.0 Å². The summed E-state index contributed by atoms with van der Waals surface area (Å²) in [6.45, 7) is 2.60. The second kappa shape index (κ2) is 10.5. The number of fused-ring (bicyclic) bond motifs is 1. The summed E-state index contributed by atoms with van der Waals surface area (Å²) in [4.78, 5) is 32.1. The Morgan fingerprint density at radius 3 is 2.52 bits per heavy atom. The summed E-state index contributed by atoms with van der Waals surface area (Å²) < 4.78 is 28.7. The van der Waals surface area contributed by atoms with Crippen LogP contribution in [0.4, 0.5) is 5.69 Å². The van der Waals surface area contributed by atoms with Gasteiger partial charge in [0.25, 0.3) is 0 Å². The zero-order valence-electron chi connectivity index (χ0n) is 24.9. The Hall–Kier alpha value is -3.18. The van der Waals surface area contributed by atoms with Crippen LogP contribution in [-0.2, 0) is 40.6 Å². The molecule has 10 nitrogen and oxygen atoms in total. The van der Waals surface area contributed by atoms with Gasteiger partial charge in [-0.05, 0) is 30.0 Å². The molecule has 2 aromatic carbocycles. The van der Waals surface area contributed by atoms with Crippen LogP contribution in [0.15, 0.2) is 48.5 Å². The van der Waals surface area contributed by atoms with E-state index in [9.17, 15) is 14.7 Å². The van der Waals surface area contributed by atoms with Crippen LogP contribution in [0.3, 0.4) is 0 Å². The Morgan fingerprint density at radius 1 is 1.10 bits per heavy atom. The number of carbonyl (C=O) groups excluding carboxylic acids is 2. The Labute approximate surface area is 246 Å². The van der Waals surface area contributed by atoms with Gasteiger partial charge >= 0.3 is 5.97 Å². The Balaban J connectivity index is 1.59. The summed E-state index contributed by atoms with van der Waals surface area (Å²) in [6.07, 6.45) is 0.209. The van der Waals surface area contributed by atoms with Gasteiger partial charge in [-0.1, -0.05) is 43.3 Å². The third-order valence-electron chi connectivity index (χ3n) is 10.3. The molecule has 7 atom stereocenters. The van der Waals surface area contributed by atoms with Gasteiger partial charge in [-0.15, -0.1) is 0 Å². The van der Waals surface area contributed by atoms with Crippen molar-refractivity contribution in [2.75, 3.05) is 46.7 Å². The van der Waals surface area contributed by atoms with Gasteiger partial charge in [0.1, 0.15) is 18.6 Å². The molecule has 0 bridgehead atoms. The summed E-state index contributed by atoms with van der Waals surface area (Å²) in [5.41, 5.74) is -1.16. The van der Waals surface area contributed by atoms with Gasteiger partial charge in [-0.25, -0.2) is 4.79 Å². The zero-order chi connectivity index (χ0) is 29.9. The van der Waals surface area contributed by atoms with E-state index < -0.39 is 34.5 Å². The van der Waals surface area contributed by atoms with Crippen molar-refractivity contribution in [3.05, 3.63) is 59.7 Å². The average molecular weight is 581 g/mol. The third-order valence-corrected chi connectivity index (χ3v) is 10.3. The molecule has 1 aliphatic carbocycles. The highest BCUT2D eigenvalue weighted by molar-refractivity contribution is 5.91. The minimum atomic E-state index is -2.10. The van der Waals surface area contributed by atoms with Gasteiger partial charge in [-0.2, -0.15) is 0 Å². The van der Waals surface area contributed by atoms with Crippen LogP contribution < -0.4 is 9.64 Å². The highest BCUT2D eigenvalue weighted by atomic mass is 16.7. The third kappa shape index (κ3) is 3.71. The maximum Gasteiger partial charge on any atom is 0.342 e. The second-order valence-electron chi connectivity index (χ2n) is 12.0. The summed E-state index contributed by atoms with van der Waals surface area (Å²) in [7, 11) is 6.32. The van der Waals surface area contributed by atoms with Crippen LogP contribution in [0.25, 0.3) is 0 Å². The van der Waals surface area contributed by atoms with E-state index in [-0.39, 0.29) is 44.4 Å². The summed E-state index contributed by atoms with van der Waals surface area (Å²) in [5, 5.41) is 13.0. The standard InChI is InChI=1S/C32H40N2O8/c1-6-30-15-21(18-41-19-38-3)34-25(35)16-31(26(30)34)23-13-12-22(39-4)14-24(23)33(2)27(31)32(37,29(36)40-5)28(30)42-17-20-10-8-7-9-11-20/h7-14,21,26-28,37H,6,15-19H2,1-5H3/t21-,26+,27-,28+,30-,31-,32+/m1/s1. The van der Waals surface area contributed by atoms with Gasteiger partial charge in [0.15, 0.2) is 0 Å². The first-order valence-electron chi connectivity index (χ1n) is 14.5. The number of aliphatic hydroxyl groups is 1. The van der Waals surface area contributed by atoms with Crippen molar-refractivity contribution in [2.24, 2.45) is 5.41 Å². The van der Waals surface area contributed by atoms with Crippen LogP contribution in [0, 0.1) is 5.41 Å². The molecule has 42 heavy (non-hydrogen) atoms. The van der Waals surface area contributed by atoms with Crippen molar-refractivity contribution in [1.29, 1.82) is 0 Å². The number of nitrogens with zero attached hydrogens (tertiary/aromatic N) is 2. The molecule has 0 unspecified atom stereocenters. The van der Waals surface area contributed by atoms with Crippen LogP contribution in [0.2, 0.25) is 0 Å². The molecule has 2 aromatic rings. The quantitative estimate of drug-likeness (QED) is 0.258. The second-order valence-corrected chi connectivity index (χ2v) is 12.0. The van der Waals surface area contributed by atoms with Crippen molar-refractivity contribution >= 4 is 17.6 Å². The fourth-order valence-electron chi connectivity index (χ4n) is 9.01. The molecule has 1 saturated carbocycles. The predicted molar refractivity (Wildman–Crippen MR) is 153 cm³/mol. The minimum absolute atomic E-state index is 0.0284.